The molecule has 5 heteroatoms. The third-order valence-corrected chi connectivity index (χ3v) is 4.37. The minimum absolute atomic E-state index is 0.0669. The molecule has 19 heavy (non-hydrogen) atoms. The summed E-state index contributed by atoms with van der Waals surface area (Å²) >= 11 is 8.06. The summed E-state index contributed by atoms with van der Waals surface area (Å²) < 4.78 is 6.54. The molecule has 1 amide bonds. The fourth-order valence-electron chi connectivity index (χ4n) is 2.15. The van der Waals surface area contributed by atoms with Crippen LogP contribution in [0.25, 0.3) is 0 Å². The van der Waals surface area contributed by atoms with Gasteiger partial charge in [0.25, 0.3) is 5.91 Å². The first kappa shape index (κ1) is 15.1. The lowest BCUT2D eigenvalue weighted by Crippen LogP contribution is -2.29. The minimum atomic E-state index is -0.0669. The van der Waals surface area contributed by atoms with Crippen LogP contribution < -0.4 is 5.32 Å². The van der Waals surface area contributed by atoms with Crippen molar-refractivity contribution in [2.45, 2.75) is 31.8 Å². The van der Waals surface area contributed by atoms with Gasteiger partial charge >= 0.3 is 0 Å². The van der Waals surface area contributed by atoms with Crippen LogP contribution >= 0.6 is 34.2 Å². The SMILES string of the molecule is O=C(NCCC1CCCCO1)c1cc(Cl)ccc1I. The predicted molar refractivity (Wildman–Crippen MR) is 84.7 cm³/mol. The van der Waals surface area contributed by atoms with E-state index in [9.17, 15) is 4.79 Å². The molecule has 3 nitrogen and oxygen atoms in total. The van der Waals surface area contributed by atoms with Gasteiger partial charge in [0.1, 0.15) is 0 Å². The van der Waals surface area contributed by atoms with Gasteiger partial charge in [0.15, 0.2) is 0 Å². The highest BCUT2D eigenvalue weighted by molar-refractivity contribution is 14.1. The Labute approximate surface area is 132 Å². The average molecular weight is 394 g/mol. The standard InChI is InChI=1S/C14H17ClINO2/c15-10-4-5-13(16)12(9-10)14(18)17-7-6-11-3-1-2-8-19-11/h4-5,9,11H,1-3,6-8H2,(H,17,18). The molecular weight excluding hydrogens is 377 g/mol. The molecule has 0 aromatic heterocycles. The van der Waals surface area contributed by atoms with E-state index >= 15 is 0 Å². The van der Waals surface area contributed by atoms with E-state index in [1.54, 1.807) is 12.1 Å². The molecule has 1 N–H and O–H groups in total. The molecule has 1 heterocycles. The van der Waals surface area contributed by atoms with Crippen LogP contribution in [-0.4, -0.2) is 25.2 Å². The van der Waals surface area contributed by atoms with Crippen molar-refractivity contribution in [3.63, 3.8) is 0 Å². The maximum atomic E-state index is 12.0. The summed E-state index contributed by atoms with van der Waals surface area (Å²) in [5, 5.41) is 3.52. The third-order valence-electron chi connectivity index (χ3n) is 3.20. The number of carbonyl (C=O) groups is 1. The highest BCUT2D eigenvalue weighted by atomic mass is 127. The molecule has 1 aromatic carbocycles. The van der Waals surface area contributed by atoms with Gasteiger partial charge in [0.2, 0.25) is 0 Å². The van der Waals surface area contributed by atoms with Crippen molar-refractivity contribution in [2.24, 2.45) is 0 Å². The Morgan fingerprint density at radius 1 is 1.47 bits per heavy atom. The fraction of sp³-hybridized carbons (Fsp3) is 0.500. The quantitative estimate of drug-likeness (QED) is 0.793. The number of ether oxygens (including phenoxy) is 1. The molecule has 1 aliphatic heterocycles. The summed E-state index contributed by atoms with van der Waals surface area (Å²) in [6, 6.07) is 5.34. The molecule has 1 saturated heterocycles. The molecule has 1 atom stereocenters. The fourth-order valence-corrected chi connectivity index (χ4v) is 2.90. The van der Waals surface area contributed by atoms with Crippen LogP contribution in [0.1, 0.15) is 36.0 Å². The summed E-state index contributed by atoms with van der Waals surface area (Å²) in [7, 11) is 0. The van der Waals surface area contributed by atoms with Gasteiger partial charge < -0.3 is 10.1 Å². The van der Waals surface area contributed by atoms with Gasteiger partial charge in [-0.25, -0.2) is 0 Å². The van der Waals surface area contributed by atoms with Gasteiger partial charge in [-0.1, -0.05) is 11.6 Å². The van der Waals surface area contributed by atoms with Crippen molar-refractivity contribution in [2.75, 3.05) is 13.2 Å². The first-order valence-corrected chi connectivity index (χ1v) is 7.97. The van der Waals surface area contributed by atoms with Crippen LogP contribution in [0, 0.1) is 3.57 Å². The van der Waals surface area contributed by atoms with E-state index in [2.05, 4.69) is 27.9 Å². The smallest absolute Gasteiger partial charge is 0.252 e. The van der Waals surface area contributed by atoms with E-state index < -0.39 is 0 Å². The summed E-state index contributed by atoms with van der Waals surface area (Å²) in [5.41, 5.74) is 0.637. The van der Waals surface area contributed by atoms with Gasteiger partial charge in [-0.15, -0.1) is 0 Å². The Morgan fingerprint density at radius 3 is 3.05 bits per heavy atom. The zero-order valence-electron chi connectivity index (χ0n) is 10.6. The topological polar surface area (TPSA) is 38.3 Å². The summed E-state index contributed by atoms with van der Waals surface area (Å²) in [6.45, 7) is 1.50. The van der Waals surface area contributed by atoms with E-state index in [-0.39, 0.29) is 5.91 Å². The Balaban J connectivity index is 1.82. The van der Waals surface area contributed by atoms with Gasteiger partial charge in [-0.3, -0.25) is 4.79 Å². The first-order chi connectivity index (χ1) is 9.16. The number of amides is 1. The zero-order chi connectivity index (χ0) is 13.7. The molecule has 1 fully saturated rings. The second kappa shape index (κ2) is 7.45. The Kier molecular flexibility index (Phi) is 5.91. The van der Waals surface area contributed by atoms with Crippen molar-refractivity contribution in [3.8, 4) is 0 Å². The van der Waals surface area contributed by atoms with Gasteiger partial charge in [0, 0.05) is 21.7 Å². The van der Waals surface area contributed by atoms with Crippen molar-refractivity contribution in [1.82, 2.24) is 5.32 Å². The second-order valence-electron chi connectivity index (χ2n) is 4.66. The molecule has 0 radical (unpaired) electrons. The van der Waals surface area contributed by atoms with Crippen molar-refractivity contribution < 1.29 is 9.53 Å². The highest BCUT2D eigenvalue weighted by Crippen LogP contribution is 2.18. The van der Waals surface area contributed by atoms with E-state index in [1.165, 1.54) is 6.42 Å². The lowest BCUT2D eigenvalue weighted by atomic mass is 10.1. The number of hydrogen-bond acceptors (Lipinski definition) is 2. The Bertz CT molecular complexity index is 447. The first-order valence-electron chi connectivity index (χ1n) is 6.51. The van der Waals surface area contributed by atoms with Crippen molar-refractivity contribution >= 4 is 40.1 Å². The summed E-state index contributed by atoms with van der Waals surface area (Å²) in [6.07, 6.45) is 4.66. The number of rotatable bonds is 4. The van der Waals surface area contributed by atoms with Gasteiger partial charge in [0.05, 0.1) is 11.7 Å². The number of nitrogens with one attached hydrogen (secondary N) is 1. The average Bonchev–Trinajstić information content (AvgIpc) is 2.42. The number of carbonyl (C=O) groups excluding carboxylic acids is 1. The molecule has 1 unspecified atom stereocenters. The lowest BCUT2D eigenvalue weighted by molar-refractivity contribution is 0.0117. The molecule has 0 spiro atoms. The molecule has 0 bridgehead atoms. The third kappa shape index (κ3) is 4.61. The van der Waals surface area contributed by atoms with Crippen molar-refractivity contribution in [3.05, 3.63) is 32.4 Å². The normalized spacial score (nSPS) is 19.2. The number of halogens is 2. The van der Waals surface area contributed by atoms with E-state index in [0.717, 1.165) is 29.4 Å². The van der Waals surface area contributed by atoms with E-state index in [4.69, 9.17) is 16.3 Å². The maximum absolute atomic E-state index is 12.0. The minimum Gasteiger partial charge on any atom is -0.378 e. The molecule has 1 aromatic rings. The summed E-state index contributed by atoms with van der Waals surface area (Å²) in [5.74, 6) is -0.0669. The highest BCUT2D eigenvalue weighted by Gasteiger charge is 2.15. The molecular formula is C14H17ClINO2. The Hall–Kier alpha value is -0.330. The predicted octanol–water partition coefficient (Wildman–Crippen LogP) is 3.63. The van der Waals surface area contributed by atoms with Crippen LogP contribution in [0.5, 0.6) is 0 Å². The molecule has 0 aliphatic carbocycles. The van der Waals surface area contributed by atoms with E-state index in [0.29, 0.717) is 23.2 Å². The molecule has 104 valence electrons. The molecule has 0 saturated carbocycles. The largest absolute Gasteiger partial charge is 0.378 e. The second-order valence-corrected chi connectivity index (χ2v) is 6.26. The number of hydrogen-bond donors (Lipinski definition) is 1. The maximum Gasteiger partial charge on any atom is 0.252 e. The van der Waals surface area contributed by atoms with Crippen molar-refractivity contribution in [1.29, 1.82) is 0 Å². The van der Waals surface area contributed by atoms with Crippen LogP contribution in [0.2, 0.25) is 5.02 Å². The van der Waals surface area contributed by atoms with Gasteiger partial charge in [-0.05, 0) is 66.5 Å². The van der Waals surface area contributed by atoms with Gasteiger partial charge in [-0.2, -0.15) is 0 Å². The van der Waals surface area contributed by atoms with Crippen LogP contribution in [-0.2, 0) is 4.74 Å². The monoisotopic (exact) mass is 393 g/mol. The van der Waals surface area contributed by atoms with E-state index in [1.807, 2.05) is 6.07 Å². The summed E-state index contributed by atoms with van der Waals surface area (Å²) in [4.78, 5) is 12.0. The van der Waals surface area contributed by atoms with Crippen LogP contribution in [0.3, 0.4) is 0 Å². The lowest BCUT2D eigenvalue weighted by Gasteiger charge is -2.22. The zero-order valence-corrected chi connectivity index (χ0v) is 13.5. The number of benzene rings is 1. The van der Waals surface area contributed by atoms with Crippen LogP contribution in [0.4, 0.5) is 0 Å². The Morgan fingerprint density at radius 2 is 2.32 bits per heavy atom. The van der Waals surface area contributed by atoms with Crippen LogP contribution in [0.15, 0.2) is 18.2 Å². The molecule has 2 rings (SSSR count). The molecule has 1 aliphatic rings.